The molecule has 0 spiro atoms. The number of nitriles is 1. The van der Waals surface area contributed by atoms with E-state index < -0.39 is 23.8 Å². The van der Waals surface area contributed by atoms with Gasteiger partial charge in [-0.1, -0.05) is 12.1 Å². The number of benzene rings is 2. The number of amidine groups is 2. The second-order valence-electron chi connectivity index (χ2n) is 7.80. The maximum Gasteiger partial charge on any atom is 0.304 e. The Morgan fingerprint density at radius 2 is 1.87 bits per heavy atom. The van der Waals surface area contributed by atoms with Crippen molar-refractivity contribution in [2.75, 3.05) is 5.32 Å². The quantitative estimate of drug-likeness (QED) is 0.181. The van der Waals surface area contributed by atoms with Crippen molar-refractivity contribution >= 4 is 41.2 Å². The third-order valence-corrected chi connectivity index (χ3v) is 5.06. The summed E-state index contributed by atoms with van der Waals surface area (Å²) in [7, 11) is 0. The van der Waals surface area contributed by atoms with Gasteiger partial charge in [0, 0.05) is 0 Å². The normalized spacial score (nSPS) is 16.0. The molecule has 0 aliphatic carbocycles. The molecule has 38 heavy (non-hydrogen) atoms. The fraction of sp³-hybridized carbons (Fsp3) is 0.0870. The first-order valence-electron chi connectivity index (χ1n) is 10.8. The Morgan fingerprint density at radius 3 is 2.55 bits per heavy atom. The van der Waals surface area contributed by atoms with Crippen LogP contribution in [0.2, 0.25) is 0 Å². The van der Waals surface area contributed by atoms with Crippen LogP contribution in [-0.2, 0) is 9.59 Å². The Labute approximate surface area is 214 Å². The molecule has 10 N–H and O–H groups in total. The van der Waals surface area contributed by atoms with E-state index in [0.717, 1.165) is 0 Å². The Balaban J connectivity index is 1.79. The zero-order valence-electron chi connectivity index (χ0n) is 19.4. The minimum atomic E-state index is -1.14. The minimum absolute atomic E-state index is 0.0184. The number of primary amides is 2. The lowest BCUT2D eigenvalue weighted by atomic mass is 10.1. The van der Waals surface area contributed by atoms with Crippen LogP contribution in [0.5, 0.6) is 11.5 Å². The maximum absolute atomic E-state index is 12.6. The van der Waals surface area contributed by atoms with E-state index in [1.807, 2.05) is 6.07 Å². The first-order chi connectivity index (χ1) is 18.1. The monoisotopic (exact) mass is 516 g/mol. The van der Waals surface area contributed by atoms with Gasteiger partial charge in [-0.2, -0.15) is 10.3 Å². The summed E-state index contributed by atoms with van der Waals surface area (Å²) in [4.78, 5) is 44.5. The highest BCUT2D eigenvalue weighted by molar-refractivity contribution is 6.14. The fourth-order valence-corrected chi connectivity index (χ4v) is 3.41. The van der Waals surface area contributed by atoms with E-state index in [-0.39, 0.29) is 58.4 Å². The van der Waals surface area contributed by atoms with Crippen LogP contribution < -0.4 is 42.6 Å². The molecule has 2 heterocycles. The zero-order chi connectivity index (χ0) is 27.4. The smallest absolute Gasteiger partial charge is 0.304 e. The summed E-state index contributed by atoms with van der Waals surface area (Å²) in [5.74, 6) is -2.73. The van der Waals surface area contributed by atoms with Gasteiger partial charge in [-0.05, 0) is 30.3 Å². The van der Waals surface area contributed by atoms with E-state index >= 15 is 0 Å². The number of nitrogens with zero attached hydrogens (tertiary/aromatic N) is 3. The summed E-state index contributed by atoms with van der Waals surface area (Å²) in [6, 6.07) is 11.1. The predicted molar refractivity (Wildman–Crippen MR) is 134 cm³/mol. The van der Waals surface area contributed by atoms with E-state index in [1.165, 1.54) is 18.2 Å². The highest BCUT2D eigenvalue weighted by Gasteiger charge is 2.35. The van der Waals surface area contributed by atoms with Crippen molar-refractivity contribution in [2.45, 2.75) is 12.5 Å². The molecule has 1 unspecified atom stereocenters. The Morgan fingerprint density at radius 1 is 1.11 bits per heavy atom. The van der Waals surface area contributed by atoms with Gasteiger partial charge in [-0.3, -0.25) is 30.1 Å². The molecule has 3 amide bonds. The van der Waals surface area contributed by atoms with Crippen LogP contribution in [0, 0.1) is 16.7 Å². The second-order valence-corrected chi connectivity index (χ2v) is 7.80. The fourth-order valence-electron chi connectivity index (χ4n) is 3.41. The largest absolute Gasteiger partial charge is 0.436 e. The first-order valence-corrected chi connectivity index (χ1v) is 10.8. The predicted octanol–water partition coefficient (Wildman–Crippen LogP) is -0.679. The van der Waals surface area contributed by atoms with Gasteiger partial charge in [0.05, 0.1) is 29.3 Å². The van der Waals surface area contributed by atoms with E-state index in [1.54, 1.807) is 24.3 Å². The van der Waals surface area contributed by atoms with Gasteiger partial charge < -0.3 is 37.3 Å². The van der Waals surface area contributed by atoms with E-state index in [2.05, 4.69) is 25.9 Å². The summed E-state index contributed by atoms with van der Waals surface area (Å²) >= 11 is 0. The van der Waals surface area contributed by atoms with Gasteiger partial charge in [0.2, 0.25) is 11.8 Å². The third kappa shape index (κ3) is 5.49. The lowest BCUT2D eigenvalue weighted by molar-refractivity contribution is -0.126. The van der Waals surface area contributed by atoms with Crippen LogP contribution in [0.1, 0.15) is 22.3 Å². The Kier molecular flexibility index (Phi) is 6.88. The molecule has 2 aromatic carbocycles. The molecule has 192 valence electrons. The van der Waals surface area contributed by atoms with Gasteiger partial charge in [-0.15, -0.1) is 0 Å². The molecule has 0 radical (unpaired) electrons. The number of anilines is 1. The molecule has 0 bridgehead atoms. The lowest BCUT2D eigenvalue weighted by Crippen LogP contribution is -2.51. The van der Waals surface area contributed by atoms with E-state index in [4.69, 9.17) is 32.1 Å². The molecule has 15 heteroatoms. The summed E-state index contributed by atoms with van der Waals surface area (Å²) in [5, 5.41) is 24.8. The number of guanidine groups is 1. The lowest BCUT2D eigenvalue weighted by Gasteiger charge is -2.28. The number of amides is 3. The third-order valence-electron chi connectivity index (χ3n) is 5.06. The highest BCUT2D eigenvalue weighted by Crippen LogP contribution is 2.28. The van der Waals surface area contributed by atoms with Crippen LogP contribution >= 0.6 is 0 Å². The molecule has 4 rings (SSSR count). The zero-order valence-corrected chi connectivity index (χ0v) is 19.4. The van der Waals surface area contributed by atoms with Crippen molar-refractivity contribution in [1.82, 2.24) is 10.6 Å². The highest BCUT2D eigenvalue weighted by atomic mass is 16.5. The van der Waals surface area contributed by atoms with E-state index in [9.17, 15) is 19.6 Å². The summed E-state index contributed by atoms with van der Waals surface area (Å²) < 4.78 is 11.7. The van der Waals surface area contributed by atoms with Crippen molar-refractivity contribution in [3.05, 3.63) is 65.2 Å². The van der Waals surface area contributed by atoms with Crippen LogP contribution in [0.15, 0.2) is 64.0 Å². The topological polar surface area (TPSA) is 256 Å². The van der Waals surface area contributed by atoms with Gasteiger partial charge in [-0.25, -0.2) is 0 Å². The number of carbonyl (C=O) groups is 3. The van der Waals surface area contributed by atoms with Gasteiger partial charge in [0.15, 0.2) is 17.5 Å². The minimum Gasteiger partial charge on any atom is -0.436 e. The number of hydrogen-bond donors (Lipinski definition) is 7. The summed E-state index contributed by atoms with van der Waals surface area (Å²) in [5.41, 5.74) is 16.5. The SMILES string of the molecule is N#Cc1ccc(C(N)=O)c(OC2=C3NC(=O)C(CC(N)=O)N=C3NC(Oc3ccccc3NC(=N)N)=N2)c1. The molecule has 2 aliphatic heterocycles. The van der Waals surface area contributed by atoms with Crippen molar-refractivity contribution in [3.8, 4) is 17.6 Å². The van der Waals surface area contributed by atoms with Crippen molar-refractivity contribution in [1.29, 1.82) is 10.7 Å². The number of fused-ring (bicyclic) bond motifs is 1. The van der Waals surface area contributed by atoms with Crippen molar-refractivity contribution in [2.24, 2.45) is 27.2 Å². The summed E-state index contributed by atoms with van der Waals surface area (Å²) in [6.45, 7) is 0. The van der Waals surface area contributed by atoms with Gasteiger partial charge in [0.25, 0.3) is 11.8 Å². The molecule has 1 atom stereocenters. The Bertz CT molecular complexity index is 1500. The molecule has 15 nitrogen and oxygen atoms in total. The first kappa shape index (κ1) is 25.2. The maximum atomic E-state index is 12.6. The molecule has 0 fully saturated rings. The molecule has 0 saturated heterocycles. The van der Waals surface area contributed by atoms with Crippen LogP contribution in [-0.4, -0.2) is 41.6 Å². The number of carbonyl (C=O) groups excluding carboxylic acids is 3. The average Bonchev–Trinajstić information content (AvgIpc) is 2.85. The summed E-state index contributed by atoms with van der Waals surface area (Å²) in [6.07, 6.45) is -0.366. The number of nitrogens with two attached hydrogens (primary N) is 3. The second kappa shape index (κ2) is 10.4. The molecular formula is C23H20N10O5. The average molecular weight is 516 g/mol. The van der Waals surface area contributed by atoms with Crippen molar-refractivity contribution < 1.29 is 23.9 Å². The van der Waals surface area contributed by atoms with Crippen LogP contribution in [0.25, 0.3) is 0 Å². The molecular weight excluding hydrogens is 496 g/mol. The number of hydrogen-bond acceptors (Lipinski definition) is 10. The van der Waals surface area contributed by atoms with Crippen molar-refractivity contribution in [3.63, 3.8) is 0 Å². The molecule has 0 saturated carbocycles. The molecule has 2 aromatic rings. The van der Waals surface area contributed by atoms with E-state index in [0.29, 0.717) is 5.69 Å². The Hall–Kier alpha value is -5.91. The molecule has 2 aliphatic rings. The van der Waals surface area contributed by atoms with Gasteiger partial charge in [0.1, 0.15) is 17.5 Å². The number of nitrogens with one attached hydrogen (secondary N) is 4. The number of para-hydroxylation sites is 2. The number of aliphatic imine (C=N–C) groups is 2. The van der Waals surface area contributed by atoms with Crippen LogP contribution in [0.3, 0.4) is 0 Å². The number of rotatable bonds is 7. The van der Waals surface area contributed by atoms with Crippen LogP contribution in [0.4, 0.5) is 5.69 Å². The molecule has 0 aromatic heterocycles. The standard InChI is InChI=1S/C23H20N10O5/c24-9-10-5-6-11(18(26)35)15(7-10)37-21-17-19(29-13(8-16(25)34)20(36)31-17)32-23(33-21)38-14-4-2-1-3-12(14)30-22(27)28/h1-7,13H,8H2,(H2,25,34)(H2,26,35)(H,31,36)(H4,27,28,30)(H,29,32,33). The van der Waals surface area contributed by atoms with Gasteiger partial charge >= 0.3 is 6.02 Å². The number of ether oxygens (including phenoxy) is 2.